The van der Waals surface area contributed by atoms with Crippen LogP contribution in [0.5, 0.6) is 5.75 Å². The van der Waals surface area contributed by atoms with Crippen LogP contribution in [-0.4, -0.2) is 48.7 Å². The van der Waals surface area contributed by atoms with Crippen molar-refractivity contribution in [2.24, 2.45) is 0 Å². The van der Waals surface area contributed by atoms with Gasteiger partial charge in [-0.3, -0.25) is 0 Å². The van der Waals surface area contributed by atoms with E-state index in [1.165, 1.54) is 41.9 Å². The highest BCUT2D eigenvalue weighted by molar-refractivity contribution is 7.15. The molecule has 5 heteroatoms. The van der Waals surface area contributed by atoms with E-state index in [1.807, 2.05) is 18.4 Å². The molecule has 2 aliphatic rings. The number of thiazole rings is 1. The Morgan fingerprint density at radius 3 is 2.85 bits per heavy atom. The van der Waals surface area contributed by atoms with Crippen LogP contribution in [0.4, 0.5) is 0 Å². The normalized spacial score (nSPS) is 22.7. The summed E-state index contributed by atoms with van der Waals surface area (Å²) in [5.74, 6) is 0.963. The number of nitrogens with one attached hydrogen (secondary N) is 1. The van der Waals surface area contributed by atoms with Crippen molar-refractivity contribution in [1.29, 1.82) is 0 Å². The summed E-state index contributed by atoms with van der Waals surface area (Å²) in [5, 5.41) is 4.54. The first kappa shape index (κ1) is 18.9. The molecule has 1 aliphatic carbocycles. The minimum Gasteiger partial charge on any atom is -0.494 e. The van der Waals surface area contributed by atoms with Gasteiger partial charge in [0.2, 0.25) is 0 Å². The number of fused-ring (bicyclic) bond motifs is 1. The zero-order chi connectivity index (χ0) is 18.6. The maximum atomic E-state index is 5.95. The Bertz CT molecular complexity index is 743. The molecule has 1 aliphatic heterocycles. The Kier molecular flexibility index (Phi) is 6.11. The molecular formula is C22H31N3OS. The molecule has 1 aromatic heterocycles. The van der Waals surface area contributed by atoms with E-state index < -0.39 is 0 Å². The predicted octanol–water partition coefficient (Wildman–Crippen LogP) is 4.14. The Balaban J connectivity index is 1.29. The summed E-state index contributed by atoms with van der Waals surface area (Å²) in [4.78, 5) is 8.95. The van der Waals surface area contributed by atoms with Crippen molar-refractivity contribution >= 4 is 11.3 Å². The lowest BCUT2D eigenvalue weighted by atomic mass is 9.98. The fraction of sp³-hybridized carbons (Fsp3) is 0.591. The number of aromatic nitrogens is 1. The third kappa shape index (κ3) is 4.53. The summed E-state index contributed by atoms with van der Waals surface area (Å²) >= 11 is 1.86. The molecule has 4 rings (SSSR count). The van der Waals surface area contributed by atoms with Crippen molar-refractivity contribution in [3.8, 4) is 16.3 Å². The second-order valence-electron chi connectivity index (χ2n) is 7.87. The van der Waals surface area contributed by atoms with Gasteiger partial charge in [-0.2, -0.15) is 0 Å². The minimum absolute atomic E-state index is 0.576. The second kappa shape index (κ2) is 8.72. The first-order valence-corrected chi connectivity index (χ1v) is 11.2. The first-order chi connectivity index (χ1) is 13.2. The molecule has 0 amide bonds. The fourth-order valence-electron chi connectivity index (χ4n) is 4.23. The van der Waals surface area contributed by atoms with Gasteiger partial charge in [0.15, 0.2) is 0 Å². The maximum Gasteiger partial charge on any atom is 0.123 e. The topological polar surface area (TPSA) is 37.4 Å². The molecule has 0 bridgehead atoms. The number of benzene rings is 1. The van der Waals surface area contributed by atoms with Crippen LogP contribution in [0.3, 0.4) is 0 Å². The molecule has 4 nitrogen and oxygen atoms in total. The maximum absolute atomic E-state index is 5.95. The highest BCUT2D eigenvalue weighted by Crippen LogP contribution is 2.33. The van der Waals surface area contributed by atoms with E-state index in [-0.39, 0.29) is 0 Å². The van der Waals surface area contributed by atoms with Crippen molar-refractivity contribution in [1.82, 2.24) is 15.2 Å². The molecule has 2 unspecified atom stereocenters. The van der Waals surface area contributed by atoms with Gasteiger partial charge in [0, 0.05) is 35.5 Å². The van der Waals surface area contributed by atoms with Crippen LogP contribution in [0.25, 0.3) is 10.6 Å². The zero-order valence-corrected chi connectivity index (χ0v) is 17.4. The first-order valence-electron chi connectivity index (χ1n) is 10.4. The average molecular weight is 386 g/mol. The van der Waals surface area contributed by atoms with Gasteiger partial charge in [0.1, 0.15) is 10.8 Å². The van der Waals surface area contributed by atoms with Crippen LogP contribution in [0.15, 0.2) is 24.3 Å². The lowest BCUT2D eigenvalue weighted by Crippen LogP contribution is -2.31. The summed E-state index contributed by atoms with van der Waals surface area (Å²) < 4.78 is 5.95. The number of rotatable bonds is 7. The lowest BCUT2D eigenvalue weighted by Gasteiger charge is -2.20. The third-order valence-electron chi connectivity index (χ3n) is 6.00. The Labute approximate surface area is 167 Å². The predicted molar refractivity (Wildman–Crippen MR) is 113 cm³/mol. The van der Waals surface area contributed by atoms with Crippen molar-refractivity contribution in [3.05, 3.63) is 34.8 Å². The van der Waals surface area contributed by atoms with E-state index in [0.29, 0.717) is 6.04 Å². The van der Waals surface area contributed by atoms with Crippen LogP contribution in [0, 0.1) is 0 Å². The standard InChI is InChI=1S/C22H31N3OS/c1-16-5-3-12-25(16)13-4-14-26-19-9-6-17(7-10-19)22-24-20-15-18(23-2)8-11-21(20)27-22/h6-7,9-10,16,18,23H,3-5,8,11-15H2,1-2H3. The molecular weight excluding hydrogens is 354 g/mol. The summed E-state index contributed by atoms with van der Waals surface area (Å²) in [5.41, 5.74) is 2.49. The van der Waals surface area contributed by atoms with E-state index in [4.69, 9.17) is 9.72 Å². The minimum atomic E-state index is 0.576. The molecule has 0 radical (unpaired) electrons. The van der Waals surface area contributed by atoms with Gasteiger partial charge in [-0.25, -0.2) is 4.98 Å². The summed E-state index contributed by atoms with van der Waals surface area (Å²) in [7, 11) is 2.05. The van der Waals surface area contributed by atoms with Gasteiger partial charge < -0.3 is 15.0 Å². The molecule has 1 saturated heterocycles. The summed E-state index contributed by atoms with van der Waals surface area (Å²) in [6.45, 7) is 5.53. The Morgan fingerprint density at radius 1 is 1.26 bits per heavy atom. The van der Waals surface area contributed by atoms with Gasteiger partial charge in [0.05, 0.1) is 12.3 Å². The number of likely N-dealkylation sites (tertiary alicyclic amines) is 1. The molecule has 2 aromatic rings. The van der Waals surface area contributed by atoms with E-state index in [2.05, 4.69) is 41.4 Å². The van der Waals surface area contributed by atoms with Gasteiger partial charge in [0.25, 0.3) is 0 Å². The monoisotopic (exact) mass is 385 g/mol. The Hall–Kier alpha value is -1.43. The van der Waals surface area contributed by atoms with Gasteiger partial charge >= 0.3 is 0 Å². The van der Waals surface area contributed by atoms with Crippen molar-refractivity contribution in [2.45, 2.75) is 57.5 Å². The number of aryl methyl sites for hydroxylation is 1. The molecule has 0 spiro atoms. The van der Waals surface area contributed by atoms with Crippen LogP contribution < -0.4 is 10.1 Å². The number of ether oxygens (including phenoxy) is 1. The third-order valence-corrected chi connectivity index (χ3v) is 7.20. The Morgan fingerprint density at radius 2 is 2.11 bits per heavy atom. The van der Waals surface area contributed by atoms with E-state index in [1.54, 1.807) is 0 Å². The average Bonchev–Trinajstić information content (AvgIpc) is 3.31. The number of hydrogen-bond acceptors (Lipinski definition) is 5. The molecule has 2 heterocycles. The van der Waals surface area contributed by atoms with E-state index in [9.17, 15) is 0 Å². The van der Waals surface area contributed by atoms with Crippen molar-refractivity contribution < 1.29 is 4.74 Å². The number of nitrogens with zero attached hydrogens (tertiary/aromatic N) is 2. The van der Waals surface area contributed by atoms with Crippen LogP contribution >= 0.6 is 11.3 Å². The molecule has 2 atom stereocenters. The summed E-state index contributed by atoms with van der Waals surface area (Å²) in [6.07, 6.45) is 7.21. The summed E-state index contributed by atoms with van der Waals surface area (Å²) in [6, 6.07) is 9.80. The molecule has 1 aromatic carbocycles. The van der Waals surface area contributed by atoms with Crippen molar-refractivity contribution in [3.63, 3.8) is 0 Å². The van der Waals surface area contributed by atoms with E-state index in [0.717, 1.165) is 49.2 Å². The SMILES string of the molecule is CNC1CCc2sc(-c3ccc(OCCCN4CCCC4C)cc3)nc2C1. The number of likely N-dealkylation sites (N-methyl/N-ethyl adjacent to an activating group) is 1. The largest absolute Gasteiger partial charge is 0.494 e. The van der Waals surface area contributed by atoms with Crippen molar-refractivity contribution in [2.75, 3.05) is 26.7 Å². The highest BCUT2D eigenvalue weighted by atomic mass is 32.1. The van der Waals surface area contributed by atoms with E-state index >= 15 is 0 Å². The molecule has 1 N–H and O–H groups in total. The van der Waals surface area contributed by atoms with Crippen LogP contribution in [0.1, 0.15) is 43.2 Å². The fourth-order valence-corrected chi connectivity index (χ4v) is 5.34. The lowest BCUT2D eigenvalue weighted by molar-refractivity contribution is 0.230. The number of hydrogen-bond donors (Lipinski definition) is 1. The molecule has 1 fully saturated rings. The molecule has 0 saturated carbocycles. The quantitative estimate of drug-likeness (QED) is 0.727. The van der Waals surface area contributed by atoms with Crippen LogP contribution in [-0.2, 0) is 12.8 Å². The molecule has 27 heavy (non-hydrogen) atoms. The van der Waals surface area contributed by atoms with Crippen LogP contribution in [0.2, 0.25) is 0 Å². The van der Waals surface area contributed by atoms with Gasteiger partial charge in [-0.15, -0.1) is 11.3 Å². The zero-order valence-electron chi connectivity index (χ0n) is 16.5. The molecule has 146 valence electrons. The second-order valence-corrected chi connectivity index (χ2v) is 8.95. The van der Waals surface area contributed by atoms with Gasteiger partial charge in [-0.1, -0.05) is 0 Å². The van der Waals surface area contributed by atoms with Gasteiger partial charge in [-0.05, 0) is 76.9 Å². The highest BCUT2D eigenvalue weighted by Gasteiger charge is 2.22. The smallest absolute Gasteiger partial charge is 0.123 e.